The minimum absolute atomic E-state index is 0.115. The van der Waals surface area contributed by atoms with Gasteiger partial charge >= 0.3 is 0 Å². The molecule has 0 saturated carbocycles. The number of benzene rings is 2. The van der Waals surface area contributed by atoms with Crippen LogP contribution in [0.1, 0.15) is 15.2 Å². The zero-order chi connectivity index (χ0) is 16.1. The first-order valence-electron chi connectivity index (χ1n) is 6.97. The summed E-state index contributed by atoms with van der Waals surface area (Å²) in [7, 11) is 0. The van der Waals surface area contributed by atoms with Crippen LogP contribution < -0.4 is 10.6 Å². The number of hydrogen-bond donors (Lipinski definition) is 2. The smallest absolute Gasteiger partial charge is 0.265 e. The van der Waals surface area contributed by atoms with Crippen LogP contribution >= 0.6 is 11.3 Å². The molecule has 0 bridgehead atoms. The van der Waals surface area contributed by atoms with Crippen LogP contribution in [0.25, 0.3) is 0 Å². The Kier molecular flexibility index (Phi) is 4.37. The van der Waals surface area contributed by atoms with E-state index in [9.17, 15) is 4.79 Å². The first-order valence-corrected chi connectivity index (χ1v) is 7.85. The highest BCUT2D eigenvalue weighted by atomic mass is 32.1. The highest BCUT2D eigenvalue weighted by molar-refractivity contribution is 7.12. The van der Waals surface area contributed by atoms with Crippen LogP contribution in [0, 0.1) is 11.3 Å². The molecule has 0 unspecified atom stereocenters. The molecule has 2 aromatic carbocycles. The number of nitrogens with zero attached hydrogens (tertiary/aromatic N) is 1. The van der Waals surface area contributed by atoms with E-state index in [1.54, 1.807) is 12.1 Å². The fourth-order valence-electron chi connectivity index (χ4n) is 2.08. The molecule has 1 amide bonds. The number of hydrogen-bond acceptors (Lipinski definition) is 4. The molecule has 5 heteroatoms. The van der Waals surface area contributed by atoms with Crippen molar-refractivity contribution >= 4 is 34.3 Å². The van der Waals surface area contributed by atoms with Gasteiger partial charge in [0.15, 0.2) is 0 Å². The molecule has 0 aliphatic rings. The van der Waals surface area contributed by atoms with E-state index in [1.165, 1.54) is 11.3 Å². The maximum absolute atomic E-state index is 12.0. The minimum Gasteiger partial charge on any atom is -0.354 e. The van der Waals surface area contributed by atoms with E-state index >= 15 is 0 Å². The number of rotatable bonds is 4. The summed E-state index contributed by atoms with van der Waals surface area (Å²) in [6.45, 7) is 0. The summed E-state index contributed by atoms with van der Waals surface area (Å²) in [5, 5.41) is 17.0. The Morgan fingerprint density at radius 1 is 0.957 bits per heavy atom. The molecule has 112 valence electrons. The molecule has 0 aliphatic heterocycles. The predicted molar refractivity (Wildman–Crippen MR) is 93.2 cm³/mol. The fourth-order valence-corrected chi connectivity index (χ4v) is 2.70. The zero-order valence-electron chi connectivity index (χ0n) is 12.1. The van der Waals surface area contributed by atoms with Crippen LogP contribution in [0.5, 0.6) is 0 Å². The summed E-state index contributed by atoms with van der Waals surface area (Å²) < 4.78 is 0. The monoisotopic (exact) mass is 319 g/mol. The molecule has 1 aromatic heterocycles. The van der Waals surface area contributed by atoms with E-state index in [4.69, 9.17) is 5.26 Å². The summed E-state index contributed by atoms with van der Waals surface area (Å²) in [4.78, 5) is 12.7. The van der Waals surface area contributed by atoms with Crippen molar-refractivity contribution in [3.63, 3.8) is 0 Å². The van der Waals surface area contributed by atoms with Crippen LogP contribution in [0.3, 0.4) is 0 Å². The Bertz CT molecular complexity index is 849. The van der Waals surface area contributed by atoms with Crippen molar-refractivity contribution in [2.24, 2.45) is 0 Å². The van der Waals surface area contributed by atoms with E-state index in [1.807, 2.05) is 53.9 Å². The Labute approximate surface area is 138 Å². The van der Waals surface area contributed by atoms with Crippen LogP contribution in [0.15, 0.2) is 66.0 Å². The zero-order valence-corrected chi connectivity index (χ0v) is 12.9. The quantitative estimate of drug-likeness (QED) is 0.737. The lowest BCUT2D eigenvalue weighted by Crippen LogP contribution is -2.09. The minimum atomic E-state index is -0.115. The van der Waals surface area contributed by atoms with Crippen LogP contribution in [0.4, 0.5) is 17.1 Å². The van der Waals surface area contributed by atoms with Crippen molar-refractivity contribution in [3.8, 4) is 6.07 Å². The van der Waals surface area contributed by atoms with Gasteiger partial charge in [-0.3, -0.25) is 4.79 Å². The molecule has 3 aromatic rings. The topological polar surface area (TPSA) is 64.9 Å². The summed E-state index contributed by atoms with van der Waals surface area (Å²) in [5.41, 5.74) is 2.91. The number of thiophene rings is 1. The van der Waals surface area contributed by atoms with Gasteiger partial charge in [0, 0.05) is 11.4 Å². The van der Waals surface area contributed by atoms with Crippen molar-refractivity contribution in [1.82, 2.24) is 0 Å². The second-order valence-corrected chi connectivity index (χ2v) is 5.74. The second-order valence-electron chi connectivity index (χ2n) is 4.79. The number of carbonyl (C=O) groups is 1. The summed E-state index contributed by atoms with van der Waals surface area (Å²) in [6, 6.07) is 20.5. The first kappa shape index (κ1) is 14.8. The molecule has 4 nitrogen and oxygen atoms in total. The summed E-state index contributed by atoms with van der Waals surface area (Å²) >= 11 is 1.40. The number of amides is 1. The number of carbonyl (C=O) groups excluding carboxylic acids is 1. The van der Waals surface area contributed by atoms with Gasteiger partial charge in [0.2, 0.25) is 0 Å². The first-order chi connectivity index (χ1) is 11.3. The highest BCUT2D eigenvalue weighted by Gasteiger charge is 2.07. The Balaban J connectivity index is 1.70. The lowest BCUT2D eigenvalue weighted by Gasteiger charge is -2.09. The van der Waals surface area contributed by atoms with Crippen molar-refractivity contribution in [3.05, 3.63) is 76.5 Å². The molecule has 0 aliphatic carbocycles. The van der Waals surface area contributed by atoms with Crippen LogP contribution in [0.2, 0.25) is 0 Å². The van der Waals surface area contributed by atoms with Gasteiger partial charge in [0.25, 0.3) is 5.91 Å². The van der Waals surface area contributed by atoms with E-state index in [2.05, 4.69) is 16.7 Å². The van der Waals surface area contributed by atoms with Crippen molar-refractivity contribution < 1.29 is 4.79 Å². The van der Waals surface area contributed by atoms with E-state index < -0.39 is 0 Å². The normalized spacial score (nSPS) is 9.87. The molecular formula is C18H13N3OS. The number of nitrogens with one attached hydrogen (secondary N) is 2. The Morgan fingerprint density at radius 3 is 2.39 bits per heavy atom. The van der Waals surface area contributed by atoms with Gasteiger partial charge in [0.05, 0.1) is 16.1 Å². The lowest BCUT2D eigenvalue weighted by atomic mass is 10.2. The Hall–Kier alpha value is -3.10. The van der Waals surface area contributed by atoms with Crippen molar-refractivity contribution in [2.45, 2.75) is 0 Å². The predicted octanol–water partition coefficient (Wildman–Crippen LogP) is 4.62. The average Bonchev–Trinajstić information content (AvgIpc) is 3.12. The number of anilines is 3. The van der Waals surface area contributed by atoms with Crippen molar-refractivity contribution in [1.29, 1.82) is 5.26 Å². The molecule has 3 rings (SSSR count). The third-order valence-corrected chi connectivity index (χ3v) is 4.08. The Morgan fingerprint density at radius 2 is 1.70 bits per heavy atom. The maximum Gasteiger partial charge on any atom is 0.265 e. The maximum atomic E-state index is 12.0. The standard InChI is InChI=1S/C18H13N3OS/c19-12-13-4-1-2-5-16(13)20-14-7-9-15(10-8-14)21-18(22)17-6-3-11-23-17/h1-11,20H,(H,21,22). The van der Waals surface area contributed by atoms with Crippen LogP contribution in [-0.2, 0) is 0 Å². The molecule has 0 atom stereocenters. The summed E-state index contributed by atoms with van der Waals surface area (Å²) in [6.07, 6.45) is 0. The van der Waals surface area contributed by atoms with Gasteiger partial charge in [-0.25, -0.2) is 0 Å². The SMILES string of the molecule is N#Cc1ccccc1Nc1ccc(NC(=O)c2cccs2)cc1. The second kappa shape index (κ2) is 6.77. The number of nitriles is 1. The van der Waals surface area contributed by atoms with E-state index in [-0.39, 0.29) is 5.91 Å². The third-order valence-electron chi connectivity index (χ3n) is 3.21. The van der Waals surface area contributed by atoms with Gasteiger partial charge in [-0.05, 0) is 47.8 Å². The molecular weight excluding hydrogens is 306 g/mol. The molecule has 0 fully saturated rings. The summed E-state index contributed by atoms with van der Waals surface area (Å²) in [5.74, 6) is -0.115. The van der Waals surface area contributed by atoms with Crippen molar-refractivity contribution in [2.75, 3.05) is 10.6 Å². The molecule has 23 heavy (non-hydrogen) atoms. The molecule has 0 spiro atoms. The fraction of sp³-hybridized carbons (Fsp3) is 0. The van der Waals surface area contributed by atoms with Gasteiger partial charge in [-0.1, -0.05) is 18.2 Å². The molecule has 0 radical (unpaired) electrons. The van der Waals surface area contributed by atoms with Gasteiger partial charge in [0.1, 0.15) is 6.07 Å². The van der Waals surface area contributed by atoms with Gasteiger partial charge < -0.3 is 10.6 Å². The lowest BCUT2D eigenvalue weighted by molar-refractivity contribution is 0.103. The van der Waals surface area contributed by atoms with E-state index in [0.717, 1.165) is 17.1 Å². The third kappa shape index (κ3) is 3.57. The van der Waals surface area contributed by atoms with Gasteiger partial charge in [-0.15, -0.1) is 11.3 Å². The largest absolute Gasteiger partial charge is 0.354 e. The molecule has 0 saturated heterocycles. The number of para-hydroxylation sites is 1. The van der Waals surface area contributed by atoms with E-state index in [0.29, 0.717) is 10.4 Å². The van der Waals surface area contributed by atoms with Gasteiger partial charge in [-0.2, -0.15) is 5.26 Å². The average molecular weight is 319 g/mol. The molecule has 1 heterocycles. The molecule has 2 N–H and O–H groups in total. The van der Waals surface area contributed by atoms with Crippen LogP contribution in [-0.4, -0.2) is 5.91 Å². The highest BCUT2D eigenvalue weighted by Crippen LogP contribution is 2.22.